The maximum atomic E-state index is 8.53. The zero-order valence-corrected chi connectivity index (χ0v) is 10.5. The van der Waals surface area contributed by atoms with Crippen LogP contribution in [-0.4, -0.2) is 20.0 Å². The average molecular weight is 247 g/mol. The third kappa shape index (κ3) is 3.54. The number of rotatable bonds is 7. The quantitative estimate of drug-likeness (QED) is 0.422. The van der Waals surface area contributed by atoms with Gasteiger partial charge in [0.1, 0.15) is 12.9 Å². The number of benzene rings is 1. The molecule has 1 heterocycles. The van der Waals surface area contributed by atoms with E-state index < -0.39 is 0 Å². The Balaban J connectivity index is 1.87. The number of nitriles is 1. The van der Waals surface area contributed by atoms with Crippen LogP contribution in [0.4, 0.5) is 0 Å². The smallest absolute Gasteiger partial charge is 0.146 e. The van der Waals surface area contributed by atoms with Crippen LogP contribution in [0, 0.1) is 11.3 Å². The molecule has 0 amide bonds. The van der Waals surface area contributed by atoms with Crippen LogP contribution in [0.5, 0.6) is 0 Å². The van der Waals surface area contributed by atoms with E-state index in [1.54, 1.807) is 7.11 Å². The molecule has 0 saturated carbocycles. The fourth-order valence-electron chi connectivity index (χ4n) is 1.97. The van der Waals surface area contributed by atoms with E-state index in [2.05, 4.69) is 18.2 Å². The van der Waals surface area contributed by atoms with Crippen LogP contribution < -0.4 is 0 Å². The second-order valence-corrected chi connectivity index (χ2v) is 4.29. The van der Waals surface area contributed by atoms with Crippen LogP contribution in [0.1, 0.15) is 30.1 Å². The molecule has 0 aliphatic carbocycles. The molecule has 96 valence electrons. The Labute approximate surface area is 107 Å². The van der Waals surface area contributed by atoms with E-state index in [1.165, 1.54) is 0 Å². The van der Waals surface area contributed by atoms with Crippen molar-refractivity contribution in [3.05, 3.63) is 35.4 Å². The highest BCUT2D eigenvalue weighted by Crippen LogP contribution is 2.41. The lowest BCUT2D eigenvalue weighted by molar-refractivity contribution is -0.0390. The van der Waals surface area contributed by atoms with Gasteiger partial charge in [0.05, 0.1) is 18.8 Å². The number of hydrogen-bond acceptors (Lipinski definition) is 4. The second-order valence-electron chi connectivity index (χ2n) is 4.29. The van der Waals surface area contributed by atoms with Crippen molar-refractivity contribution >= 4 is 0 Å². The first kappa shape index (κ1) is 13.0. The fraction of sp³-hybridized carbons (Fsp3) is 0.500. The number of epoxide rings is 1. The van der Waals surface area contributed by atoms with Crippen LogP contribution >= 0.6 is 0 Å². The maximum absolute atomic E-state index is 8.53. The molecule has 1 aliphatic heterocycles. The lowest BCUT2D eigenvalue weighted by atomic mass is 10.0. The monoisotopic (exact) mass is 247 g/mol. The predicted octanol–water partition coefficient (Wildman–Crippen LogP) is 2.55. The largest absolute Gasteiger partial charge is 0.364 e. The maximum Gasteiger partial charge on any atom is 0.146 e. The van der Waals surface area contributed by atoms with Crippen molar-refractivity contribution in [3.8, 4) is 6.07 Å². The molecule has 4 heteroatoms. The van der Waals surface area contributed by atoms with Crippen molar-refractivity contribution in [3.63, 3.8) is 0 Å². The molecule has 1 aliphatic rings. The molecule has 0 N–H and O–H groups in total. The van der Waals surface area contributed by atoms with Crippen LogP contribution in [0.15, 0.2) is 24.3 Å². The van der Waals surface area contributed by atoms with E-state index in [1.807, 2.05) is 12.1 Å². The molecular formula is C14H17NO3. The summed E-state index contributed by atoms with van der Waals surface area (Å²) < 4.78 is 15.7. The van der Waals surface area contributed by atoms with Crippen LogP contribution in [0.25, 0.3) is 0 Å². The summed E-state index contributed by atoms with van der Waals surface area (Å²) in [5, 5.41) is 8.53. The zero-order chi connectivity index (χ0) is 12.8. The number of hydrogen-bond donors (Lipinski definition) is 0. The minimum Gasteiger partial charge on any atom is -0.364 e. The van der Waals surface area contributed by atoms with Gasteiger partial charge in [-0.15, -0.1) is 0 Å². The van der Waals surface area contributed by atoms with Gasteiger partial charge in [-0.3, -0.25) is 0 Å². The highest BCUT2D eigenvalue weighted by atomic mass is 16.7. The summed E-state index contributed by atoms with van der Waals surface area (Å²) in [6.45, 7) is 0.839. The fourth-order valence-corrected chi connectivity index (χ4v) is 1.97. The molecule has 0 spiro atoms. The Hall–Kier alpha value is -1.41. The van der Waals surface area contributed by atoms with Crippen molar-refractivity contribution < 1.29 is 14.2 Å². The van der Waals surface area contributed by atoms with Crippen molar-refractivity contribution in [1.29, 1.82) is 5.26 Å². The van der Waals surface area contributed by atoms with Gasteiger partial charge in [0, 0.05) is 13.5 Å². The molecular weight excluding hydrogens is 230 g/mol. The summed E-state index contributed by atoms with van der Waals surface area (Å²) >= 11 is 0. The average Bonchev–Trinajstić information content (AvgIpc) is 3.17. The summed E-state index contributed by atoms with van der Waals surface area (Å²) in [6.07, 6.45) is 1.73. The van der Waals surface area contributed by atoms with E-state index >= 15 is 0 Å². The van der Waals surface area contributed by atoms with Crippen molar-refractivity contribution in [2.24, 2.45) is 0 Å². The molecule has 4 nitrogen and oxygen atoms in total. The van der Waals surface area contributed by atoms with E-state index in [9.17, 15) is 0 Å². The molecule has 2 unspecified atom stereocenters. The third-order valence-electron chi connectivity index (χ3n) is 2.87. The summed E-state index contributed by atoms with van der Waals surface area (Å²) in [4.78, 5) is 0. The lowest BCUT2D eigenvalue weighted by Gasteiger charge is -2.04. The molecule has 1 saturated heterocycles. The normalized spacial score (nSPS) is 21.6. The highest BCUT2D eigenvalue weighted by Gasteiger charge is 2.39. The van der Waals surface area contributed by atoms with Gasteiger partial charge in [0.2, 0.25) is 0 Å². The van der Waals surface area contributed by atoms with Crippen molar-refractivity contribution in [2.45, 2.75) is 31.7 Å². The summed E-state index contributed by atoms with van der Waals surface area (Å²) in [5.41, 5.74) is 2.27. The number of methoxy groups -OCH3 is 1. The van der Waals surface area contributed by atoms with Gasteiger partial charge >= 0.3 is 0 Å². The SMILES string of the molecule is COCOCc1cccc(C2OC2CCC#N)c1. The van der Waals surface area contributed by atoms with Crippen molar-refractivity contribution in [1.82, 2.24) is 0 Å². The van der Waals surface area contributed by atoms with Gasteiger partial charge in [0.15, 0.2) is 0 Å². The van der Waals surface area contributed by atoms with Gasteiger partial charge in [-0.1, -0.05) is 24.3 Å². The molecule has 0 bridgehead atoms. The van der Waals surface area contributed by atoms with E-state index in [-0.39, 0.29) is 12.2 Å². The topological polar surface area (TPSA) is 54.8 Å². The Morgan fingerprint density at radius 1 is 1.44 bits per heavy atom. The first-order chi connectivity index (χ1) is 8.85. The minimum absolute atomic E-state index is 0.153. The summed E-state index contributed by atoms with van der Waals surface area (Å²) in [7, 11) is 1.61. The van der Waals surface area contributed by atoms with Gasteiger partial charge in [0.25, 0.3) is 0 Å². The van der Waals surface area contributed by atoms with Gasteiger partial charge < -0.3 is 14.2 Å². The van der Waals surface area contributed by atoms with Gasteiger partial charge in [-0.2, -0.15) is 5.26 Å². The van der Waals surface area contributed by atoms with Crippen LogP contribution in [-0.2, 0) is 20.8 Å². The van der Waals surface area contributed by atoms with Gasteiger partial charge in [-0.05, 0) is 17.5 Å². The van der Waals surface area contributed by atoms with Gasteiger partial charge in [-0.25, -0.2) is 0 Å². The lowest BCUT2D eigenvalue weighted by Crippen LogP contribution is -1.97. The Morgan fingerprint density at radius 3 is 3.11 bits per heavy atom. The first-order valence-electron chi connectivity index (χ1n) is 6.03. The van der Waals surface area contributed by atoms with E-state index in [0.717, 1.165) is 17.5 Å². The number of ether oxygens (including phenoxy) is 3. The first-order valence-corrected chi connectivity index (χ1v) is 6.03. The predicted molar refractivity (Wildman–Crippen MR) is 65.6 cm³/mol. The molecule has 0 aromatic heterocycles. The molecule has 1 aromatic carbocycles. The Kier molecular flexibility index (Phi) is 4.71. The van der Waals surface area contributed by atoms with E-state index in [0.29, 0.717) is 19.8 Å². The number of nitrogens with zero attached hydrogens (tertiary/aromatic N) is 1. The molecule has 0 radical (unpaired) electrons. The zero-order valence-electron chi connectivity index (χ0n) is 10.5. The van der Waals surface area contributed by atoms with Crippen LogP contribution in [0.2, 0.25) is 0 Å². The minimum atomic E-state index is 0.153. The standard InChI is InChI=1S/C14H17NO3/c1-16-10-17-9-11-4-2-5-12(8-11)14-13(18-14)6-3-7-15/h2,4-5,8,13-14H,3,6,9-10H2,1H3. The highest BCUT2D eigenvalue weighted by molar-refractivity contribution is 5.28. The summed E-state index contributed by atoms with van der Waals surface area (Å²) in [6, 6.07) is 10.3. The third-order valence-corrected chi connectivity index (χ3v) is 2.87. The molecule has 18 heavy (non-hydrogen) atoms. The second kappa shape index (κ2) is 6.50. The molecule has 1 fully saturated rings. The van der Waals surface area contributed by atoms with E-state index in [4.69, 9.17) is 19.5 Å². The summed E-state index contributed by atoms with van der Waals surface area (Å²) in [5.74, 6) is 0. The Morgan fingerprint density at radius 2 is 2.33 bits per heavy atom. The molecule has 2 rings (SSSR count). The Bertz CT molecular complexity index is 427. The van der Waals surface area contributed by atoms with Crippen molar-refractivity contribution in [2.75, 3.05) is 13.9 Å². The van der Waals surface area contributed by atoms with Crippen LogP contribution in [0.3, 0.4) is 0 Å². The molecule has 2 atom stereocenters. The molecule has 1 aromatic rings.